The van der Waals surface area contributed by atoms with Crippen molar-refractivity contribution in [3.8, 4) is 11.3 Å². The quantitative estimate of drug-likeness (QED) is 0.818. The van der Waals surface area contributed by atoms with Gasteiger partial charge in [-0.1, -0.05) is 0 Å². The van der Waals surface area contributed by atoms with E-state index in [4.69, 9.17) is 4.42 Å². The van der Waals surface area contributed by atoms with Gasteiger partial charge in [-0.2, -0.15) is 0 Å². The first-order valence-corrected chi connectivity index (χ1v) is 4.91. The molecule has 0 aliphatic rings. The van der Waals surface area contributed by atoms with E-state index in [1.807, 2.05) is 0 Å². The van der Waals surface area contributed by atoms with E-state index in [-0.39, 0.29) is 17.1 Å². The van der Waals surface area contributed by atoms with Crippen molar-refractivity contribution in [2.24, 2.45) is 0 Å². The molecular formula is C12H9F3O2. The monoisotopic (exact) mass is 242 g/mol. The molecule has 1 aromatic heterocycles. The third kappa shape index (κ3) is 2.19. The van der Waals surface area contributed by atoms with Gasteiger partial charge >= 0.3 is 0 Å². The van der Waals surface area contributed by atoms with Gasteiger partial charge in [0.2, 0.25) is 0 Å². The summed E-state index contributed by atoms with van der Waals surface area (Å²) in [7, 11) is 0. The number of halogens is 3. The second-order valence-electron chi connectivity index (χ2n) is 3.63. The van der Waals surface area contributed by atoms with E-state index in [0.717, 1.165) is 12.1 Å². The van der Waals surface area contributed by atoms with Crippen molar-refractivity contribution in [1.82, 2.24) is 0 Å². The van der Waals surface area contributed by atoms with Crippen molar-refractivity contribution < 1.29 is 22.7 Å². The summed E-state index contributed by atoms with van der Waals surface area (Å²) < 4.78 is 43.9. The van der Waals surface area contributed by atoms with Gasteiger partial charge in [0.25, 0.3) is 0 Å². The minimum atomic E-state index is -1.52. The highest BCUT2D eigenvalue weighted by Gasteiger charge is 2.14. The minimum Gasteiger partial charge on any atom is -0.458 e. The first-order valence-electron chi connectivity index (χ1n) is 4.91. The lowest BCUT2D eigenvalue weighted by Gasteiger charge is -2.01. The summed E-state index contributed by atoms with van der Waals surface area (Å²) in [6.07, 6.45) is -0.820. The first kappa shape index (κ1) is 11.7. The van der Waals surface area contributed by atoms with Crippen LogP contribution < -0.4 is 0 Å². The van der Waals surface area contributed by atoms with E-state index < -0.39 is 23.6 Å². The number of aliphatic hydroxyl groups is 1. The molecule has 1 atom stereocenters. The molecule has 90 valence electrons. The third-order valence-corrected chi connectivity index (χ3v) is 2.31. The Balaban J connectivity index is 2.46. The zero-order valence-electron chi connectivity index (χ0n) is 8.88. The topological polar surface area (TPSA) is 33.4 Å². The summed E-state index contributed by atoms with van der Waals surface area (Å²) in [5.41, 5.74) is 0.0771. The molecule has 0 aliphatic heterocycles. The second-order valence-corrected chi connectivity index (χ2v) is 3.63. The van der Waals surface area contributed by atoms with Crippen molar-refractivity contribution in [3.63, 3.8) is 0 Å². The lowest BCUT2D eigenvalue weighted by atomic mass is 10.1. The van der Waals surface area contributed by atoms with Gasteiger partial charge in [-0.15, -0.1) is 0 Å². The zero-order valence-corrected chi connectivity index (χ0v) is 8.88. The number of furan rings is 1. The maximum atomic E-state index is 13.0. The summed E-state index contributed by atoms with van der Waals surface area (Å²) in [6, 6.07) is 4.61. The molecule has 0 spiro atoms. The number of aliphatic hydroxyl groups excluding tert-OH is 1. The van der Waals surface area contributed by atoms with Gasteiger partial charge in [0, 0.05) is 5.56 Å². The van der Waals surface area contributed by atoms with Crippen LogP contribution in [0.3, 0.4) is 0 Å². The van der Waals surface area contributed by atoms with Gasteiger partial charge in [0.1, 0.15) is 17.6 Å². The number of rotatable bonds is 2. The fraction of sp³-hybridized carbons (Fsp3) is 0.167. The molecule has 1 aromatic carbocycles. The molecule has 0 amide bonds. The van der Waals surface area contributed by atoms with E-state index in [9.17, 15) is 18.3 Å². The Hall–Kier alpha value is -1.75. The predicted octanol–water partition coefficient (Wildman–Crippen LogP) is 3.42. The molecule has 1 unspecified atom stereocenters. The standard InChI is InChI=1S/C12H9F3O2/c1-6(16)10-2-3-11(17-10)7-4-8(13)12(15)9(14)5-7/h2-6,16H,1H3. The molecule has 2 aromatic rings. The number of hydrogen-bond acceptors (Lipinski definition) is 2. The van der Waals surface area contributed by atoms with Crippen LogP contribution >= 0.6 is 0 Å². The molecule has 0 saturated heterocycles. The van der Waals surface area contributed by atoms with Gasteiger partial charge in [-0.3, -0.25) is 0 Å². The van der Waals surface area contributed by atoms with Gasteiger partial charge < -0.3 is 9.52 Å². The van der Waals surface area contributed by atoms with Gasteiger partial charge in [-0.05, 0) is 31.2 Å². The Bertz CT molecular complexity index is 523. The maximum absolute atomic E-state index is 13.0. The van der Waals surface area contributed by atoms with Crippen LogP contribution in [-0.2, 0) is 0 Å². The van der Waals surface area contributed by atoms with Gasteiger partial charge in [0.05, 0.1) is 0 Å². The van der Waals surface area contributed by atoms with Crippen LogP contribution in [0.5, 0.6) is 0 Å². The summed E-state index contributed by atoms with van der Waals surface area (Å²) >= 11 is 0. The average Bonchev–Trinajstić information content (AvgIpc) is 2.74. The fourth-order valence-corrected chi connectivity index (χ4v) is 1.43. The van der Waals surface area contributed by atoms with Crippen molar-refractivity contribution in [2.75, 3.05) is 0 Å². The fourth-order valence-electron chi connectivity index (χ4n) is 1.43. The highest BCUT2D eigenvalue weighted by atomic mass is 19.2. The van der Waals surface area contributed by atoms with E-state index in [1.54, 1.807) is 0 Å². The Morgan fingerprint density at radius 1 is 1.12 bits per heavy atom. The largest absolute Gasteiger partial charge is 0.458 e. The molecule has 0 aliphatic carbocycles. The Labute approximate surface area is 95.3 Å². The maximum Gasteiger partial charge on any atom is 0.194 e. The molecule has 0 radical (unpaired) electrons. The van der Waals surface area contributed by atoms with Crippen LogP contribution in [0, 0.1) is 17.5 Å². The lowest BCUT2D eigenvalue weighted by Crippen LogP contribution is -1.91. The van der Waals surface area contributed by atoms with E-state index in [0.29, 0.717) is 0 Å². The molecule has 1 heterocycles. The van der Waals surface area contributed by atoms with Crippen molar-refractivity contribution in [3.05, 3.63) is 47.5 Å². The average molecular weight is 242 g/mol. The molecule has 0 saturated carbocycles. The Morgan fingerprint density at radius 3 is 2.18 bits per heavy atom. The molecule has 0 bridgehead atoms. The highest BCUT2D eigenvalue weighted by molar-refractivity contribution is 5.57. The summed E-state index contributed by atoms with van der Waals surface area (Å²) in [4.78, 5) is 0. The second kappa shape index (κ2) is 4.25. The first-order chi connectivity index (χ1) is 7.99. The summed E-state index contributed by atoms with van der Waals surface area (Å²) in [5, 5.41) is 9.24. The van der Waals surface area contributed by atoms with E-state index in [2.05, 4.69) is 0 Å². The molecule has 0 fully saturated rings. The predicted molar refractivity (Wildman–Crippen MR) is 54.7 cm³/mol. The smallest absolute Gasteiger partial charge is 0.194 e. The van der Waals surface area contributed by atoms with Crippen molar-refractivity contribution in [1.29, 1.82) is 0 Å². The lowest BCUT2D eigenvalue weighted by molar-refractivity contribution is 0.170. The molecule has 2 nitrogen and oxygen atoms in total. The van der Waals surface area contributed by atoms with Crippen LogP contribution in [0.2, 0.25) is 0 Å². The van der Waals surface area contributed by atoms with E-state index >= 15 is 0 Å². The SMILES string of the molecule is CC(O)c1ccc(-c2cc(F)c(F)c(F)c2)o1. The van der Waals surface area contributed by atoms with Crippen molar-refractivity contribution in [2.45, 2.75) is 13.0 Å². The number of benzene rings is 1. The molecule has 17 heavy (non-hydrogen) atoms. The third-order valence-electron chi connectivity index (χ3n) is 2.31. The number of hydrogen-bond donors (Lipinski definition) is 1. The van der Waals surface area contributed by atoms with Crippen molar-refractivity contribution >= 4 is 0 Å². The summed E-state index contributed by atoms with van der Waals surface area (Å²) in [6.45, 7) is 1.49. The highest BCUT2D eigenvalue weighted by Crippen LogP contribution is 2.27. The Kier molecular flexibility index (Phi) is 2.93. The Morgan fingerprint density at radius 2 is 1.71 bits per heavy atom. The molecule has 5 heteroatoms. The van der Waals surface area contributed by atoms with Crippen LogP contribution in [0.4, 0.5) is 13.2 Å². The minimum absolute atomic E-state index is 0.0771. The van der Waals surface area contributed by atoms with Crippen LogP contribution in [0.25, 0.3) is 11.3 Å². The van der Waals surface area contributed by atoms with Crippen LogP contribution in [0.15, 0.2) is 28.7 Å². The zero-order chi connectivity index (χ0) is 12.6. The molecule has 2 rings (SSSR count). The van der Waals surface area contributed by atoms with Crippen LogP contribution in [0.1, 0.15) is 18.8 Å². The summed E-state index contributed by atoms with van der Waals surface area (Å²) in [5.74, 6) is -3.65. The molecular weight excluding hydrogens is 233 g/mol. The van der Waals surface area contributed by atoms with Gasteiger partial charge in [0.15, 0.2) is 17.5 Å². The normalized spacial score (nSPS) is 12.8. The molecule has 1 N–H and O–H groups in total. The van der Waals surface area contributed by atoms with E-state index in [1.165, 1.54) is 19.1 Å². The van der Waals surface area contributed by atoms with Crippen LogP contribution in [-0.4, -0.2) is 5.11 Å². The van der Waals surface area contributed by atoms with Gasteiger partial charge in [-0.25, -0.2) is 13.2 Å².